The minimum absolute atomic E-state index is 0.224. The van der Waals surface area contributed by atoms with Crippen LogP contribution in [0.25, 0.3) is 0 Å². The van der Waals surface area contributed by atoms with Crippen LogP contribution < -0.4 is 16.5 Å². The van der Waals surface area contributed by atoms with Crippen molar-refractivity contribution in [3.8, 4) is 0 Å². The zero-order chi connectivity index (χ0) is 18.0. The molecule has 0 aromatic heterocycles. The number of carbonyl (C=O) groups excluding carboxylic acids is 1. The summed E-state index contributed by atoms with van der Waals surface area (Å²) in [5, 5.41) is 19.4. The van der Waals surface area contributed by atoms with Crippen LogP contribution in [0.2, 0.25) is 0 Å². The topological polar surface area (TPSA) is 95.6 Å². The maximum absolute atomic E-state index is 13.1. The highest BCUT2D eigenvalue weighted by Gasteiger charge is 2.44. The van der Waals surface area contributed by atoms with Gasteiger partial charge in [0.25, 0.3) is 0 Å². The molecule has 0 aliphatic heterocycles. The van der Waals surface area contributed by atoms with Crippen molar-refractivity contribution in [1.29, 1.82) is 0 Å². The molecule has 0 aliphatic carbocycles. The van der Waals surface area contributed by atoms with Gasteiger partial charge in [-0.15, -0.1) is 0 Å². The summed E-state index contributed by atoms with van der Waals surface area (Å²) in [4.78, 5) is 11.4. The fourth-order valence-electron chi connectivity index (χ4n) is 1.84. The van der Waals surface area contributed by atoms with Gasteiger partial charge in [-0.3, -0.25) is 4.79 Å². The normalized spacial score (nSPS) is 12.2. The SMILES string of the molecule is NCCC(=O)Nc1c(C(F)(F)F)ccc(B(O)O)c1C(F)(F)F. The summed E-state index contributed by atoms with van der Waals surface area (Å²) in [6, 6.07) is 0.511. The first-order valence-electron chi connectivity index (χ1n) is 6.07. The lowest BCUT2D eigenvalue weighted by atomic mass is 9.75. The van der Waals surface area contributed by atoms with Gasteiger partial charge in [0.05, 0.1) is 16.8 Å². The van der Waals surface area contributed by atoms with E-state index in [9.17, 15) is 31.1 Å². The Balaban J connectivity index is 3.67. The second-order valence-corrected chi connectivity index (χ2v) is 4.41. The van der Waals surface area contributed by atoms with Crippen molar-refractivity contribution < 1.29 is 41.2 Å². The molecular weight excluding hydrogens is 333 g/mol. The molecule has 0 unspecified atom stereocenters. The summed E-state index contributed by atoms with van der Waals surface area (Å²) in [5.74, 6) is -1.17. The molecule has 1 aromatic carbocycles. The summed E-state index contributed by atoms with van der Waals surface area (Å²) in [5.41, 5.74) is -1.52. The van der Waals surface area contributed by atoms with Crippen LogP contribution >= 0.6 is 0 Å². The van der Waals surface area contributed by atoms with E-state index < -0.39 is 54.1 Å². The molecule has 5 nitrogen and oxygen atoms in total. The molecule has 0 aliphatic rings. The second-order valence-electron chi connectivity index (χ2n) is 4.41. The van der Waals surface area contributed by atoms with E-state index in [1.165, 1.54) is 5.32 Å². The summed E-state index contributed by atoms with van der Waals surface area (Å²) in [6.07, 6.45) is -11.1. The molecule has 0 radical (unpaired) electrons. The van der Waals surface area contributed by atoms with Gasteiger partial charge in [0.15, 0.2) is 0 Å². The molecule has 12 heteroatoms. The van der Waals surface area contributed by atoms with E-state index in [-0.39, 0.29) is 18.7 Å². The molecule has 0 bridgehead atoms. The molecule has 128 valence electrons. The van der Waals surface area contributed by atoms with Crippen molar-refractivity contribution >= 4 is 24.2 Å². The van der Waals surface area contributed by atoms with Crippen LogP contribution in [-0.2, 0) is 17.1 Å². The first-order chi connectivity index (χ1) is 10.4. The average Bonchev–Trinajstić information content (AvgIpc) is 2.35. The fourth-order valence-corrected chi connectivity index (χ4v) is 1.84. The van der Waals surface area contributed by atoms with Gasteiger partial charge in [0.1, 0.15) is 0 Å². The molecule has 0 saturated heterocycles. The van der Waals surface area contributed by atoms with Gasteiger partial charge < -0.3 is 21.1 Å². The van der Waals surface area contributed by atoms with Gasteiger partial charge in [0.2, 0.25) is 5.91 Å². The van der Waals surface area contributed by atoms with E-state index in [1.54, 1.807) is 0 Å². The van der Waals surface area contributed by atoms with Crippen LogP contribution in [0.15, 0.2) is 12.1 Å². The number of nitrogens with one attached hydrogen (secondary N) is 1. The van der Waals surface area contributed by atoms with Crippen LogP contribution in [0.4, 0.5) is 32.0 Å². The average molecular weight is 344 g/mol. The number of hydrogen-bond donors (Lipinski definition) is 4. The van der Waals surface area contributed by atoms with Gasteiger partial charge in [-0.1, -0.05) is 6.07 Å². The Bertz CT molecular complexity index is 588. The summed E-state index contributed by atoms with van der Waals surface area (Å²) < 4.78 is 78.1. The lowest BCUT2D eigenvalue weighted by molar-refractivity contribution is -0.141. The van der Waals surface area contributed by atoms with E-state index in [4.69, 9.17) is 15.8 Å². The Morgan fingerprint density at radius 3 is 2.09 bits per heavy atom. The first-order valence-corrected chi connectivity index (χ1v) is 6.07. The zero-order valence-electron chi connectivity index (χ0n) is 11.3. The van der Waals surface area contributed by atoms with Crippen molar-refractivity contribution in [2.45, 2.75) is 18.8 Å². The van der Waals surface area contributed by atoms with Crippen molar-refractivity contribution in [2.24, 2.45) is 5.73 Å². The third kappa shape index (κ3) is 4.59. The van der Waals surface area contributed by atoms with E-state index >= 15 is 0 Å². The number of carbonyl (C=O) groups is 1. The maximum Gasteiger partial charge on any atom is 0.489 e. The quantitative estimate of drug-likeness (QED) is 0.478. The molecule has 0 saturated carbocycles. The van der Waals surface area contributed by atoms with Crippen molar-refractivity contribution in [3.05, 3.63) is 23.3 Å². The lowest BCUT2D eigenvalue weighted by Crippen LogP contribution is -2.38. The number of anilines is 1. The highest BCUT2D eigenvalue weighted by molar-refractivity contribution is 6.59. The van der Waals surface area contributed by atoms with E-state index in [2.05, 4.69) is 0 Å². The highest BCUT2D eigenvalue weighted by Crippen LogP contribution is 2.42. The van der Waals surface area contributed by atoms with Crippen LogP contribution in [-0.4, -0.2) is 29.6 Å². The minimum atomic E-state index is -5.37. The van der Waals surface area contributed by atoms with E-state index in [0.717, 1.165) is 0 Å². The number of halogens is 6. The molecule has 1 aromatic rings. The number of benzene rings is 1. The Hall–Kier alpha value is -1.79. The van der Waals surface area contributed by atoms with Gasteiger partial charge in [0, 0.05) is 13.0 Å². The number of alkyl halides is 6. The Morgan fingerprint density at radius 2 is 1.70 bits per heavy atom. The number of nitrogens with two attached hydrogens (primary N) is 1. The van der Waals surface area contributed by atoms with Gasteiger partial charge in [-0.2, -0.15) is 26.3 Å². The fraction of sp³-hybridized carbons (Fsp3) is 0.364. The van der Waals surface area contributed by atoms with Crippen LogP contribution in [0.3, 0.4) is 0 Å². The van der Waals surface area contributed by atoms with Gasteiger partial charge in [-0.25, -0.2) is 0 Å². The summed E-state index contributed by atoms with van der Waals surface area (Å²) >= 11 is 0. The minimum Gasteiger partial charge on any atom is -0.423 e. The van der Waals surface area contributed by atoms with Gasteiger partial charge in [-0.05, 0) is 11.5 Å². The summed E-state index contributed by atoms with van der Waals surface area (Å²) in [6.45, 7) is -0.295. The molecule has 5 N–H and O–H groups in total. The molecular formula is C11H11BF6N2O3. The molecule has 23 heavy (non-hydrogen) atoms. The molecule has 0 heterocycles. The number of hydrogen-bond acceptors (Lipinski definition) is 4. The van der Waals surface area contributed by atoms with Crippen LogP contribution in [0, 0.1) is 0 Å². The third-order valence-electron chi connectivity index (χ3n) is 2.74. The van der Waals surface area contributed by atoms with Crippen molar-refractivity contribution in [2.75, 3.05) is 11.9 Å². The smallest absolute Gasteiger partial charge is 0.423 e. The predicted molar refractivity (Wildman–Crippen MR) is 68.6 cm³/mol. The molecule has 1 amide bonds. The standard InChI is InChI=1S/C11H11BF6N2O3/c13-10(14,15)5-1-2-6(12(22)23)8(11(16,17)18)9(5)20-7(21)3-4-19/h1-2,22-23H,3-4,19H2,(H,20,21). The summed E-state index contributed by atoms with van der Waals surface area (Å²) in [7, 11) is -2.68. The molecule has 0 atom stereocenters. The van der Waals surface area contributed by atoms with Gasteiger partial charge >= 0.3 is 19.5 Å². The third-order valence-corrected chi connectivity index (χ3v) is 2.74. The predicted octanol–water partition coefficient (Wildman–Crippen LogP) is 0.691. The van der Waals surface area contributed by atoms with Crippen molar-refractivity contribution in [1.82, 2.24) is 0 Å². The zero-order valence-corrected chi connectivity index (χ0v) is 11.3. The first kappa shape index (κ1) is 19.3. The van der Waals surface area contributed by atoms with Crippen LogP contribution in [0.5, 0.6) is 0 Å². The van der Waals surface area contributed by atoms with Crippen LogP contribution in [0.1, 0.15) is 17.5 Å². The van der Waals surface area contributed by atoms with E-state index in [1.807, 2.05) is 0 Å². The largest absolute Gasteiger partial charge is 0.489 e. The maximum atomic E-state index is 13.1. The monoisotopic (exact) mass is 344 g/mol. The molecule has 0 spiro atoms. The number of amides is 1. The Kier molecular flexibility index (Phi) is 5.67. The Labute approximate surface area is 126 Å². The lowest BCUT2D eigenvalue weighted by Gasteiger charge is -2.22. The molecule has 1 rings (SSSR count). The van der Waals surface area contributed by atoms with Crippen molar-refractivity contribution in [3.63, 3.8) is 0 Å². The van der Waals surface area contributed by atoms with E-state index in [0.29, 0.717) is 0 Å². The molecule has 0 fully saturated rings. The Morgan fingerprint density at radius 1 is 1.13 bits per heavy atom. The second kappa shape index (κ2) is 6.77. The number of rotatable bonds is 4. The highest BCUT2D eigenvalue weighted by atomic mass is 19.4.